The SMILES string of the molecule is CCCNC(C)c1ccc(-n2cnc3ccccc32)cc1. The first kappa shape index (κ1) is 13.8. The van der Waals surface area contributed by atoms with Gasteiger partial charge in [-0.2, -0.15) is 0 Å². The highest BCUT2D eigenvalue weighted by Crippen LogP contribution is 2.20. The molecular formula is C18H21N3. The third-order valence-corrected chi connectivity index (χ3v) is 3.83. The van der Waals surface area contributed by atoms with Gasteiger partial charge in [-0.25, -0.2) is 4.98 Å². The van der Waals surface area contributed by atoms with E-state index in [0.29, 0.717) is 6.04 Å². The Morgan fingerprint density at radius 3 is 2.62 bits per heavy atom. The Labute approximate surface area is 125 Å². The van der Waals surface area contributed by atoms with Gasteiger partial charge in [-0.05, 0) is 49.7 Å². The summed E-state index contributed by atoms with van der Waals surface area (Å²) in [5.41, 5.74) is 4.63. The van der Waals surface area contributed by atoms with Crippen molar-refractivity contribution in [1.29, 1.82) is 0 Å². The van der Waals surface area contributed by atoms with Crippen molar-refractivity contribution in [2.24, 2.45) is 0 Å². The summed E-state index contributed by atoms with van der Waals surface area (Å²) < 4.78 is 2.13. The van der Waals surface area contributed by atoms with Gasteiger partial charge in [0.2, 0.25) is 0 Å². The van der Waals surface area contributed by atoms with Crippen molar-refractivity contribution in [3.8, 4) is 5.69 Å². The minimum Gasteiger partial charge on any atom is -0.310 e. The highest BCUT2D eigenvalue weighted by atomic mass is 15.0. The Morgan fingerprint density at radius 2 is 1.86 bits per heavy atom. The van der Waals surface area contributed by atoms with Crippen molar-refractivity contribution >= 4 is 11.0 Å². The Bertz CT molecular complexity index is 713. The van der Waals surface area contributed by atoms with Gasteiger partial charge in [0.1, 0.15) is 6.33 Å². The van der Waals surface area contributed by atoms with E-state index in [0.717, 1.165) is 29.7 Å². The maximum atomic E-state index is 4.44. The maximum Gasteiger partial charge on any atom is 0.100 e. The lowest BCUT2D eigenvalue weighted by molar-refractivity contribution is 0.570. The van der Waals surface area contributed by atoms with Gasteiger partial charge in [0.15, 0.2) is 0 Å². The average Bonchev–Trinajstić information content (AvgIpc) is 2.97. The van der Waals surface area contributed by atoms with Gasteiger partial charge in [0.05, 0.1) is 11.0 Å². The zero-order chi connectivity index (χ0) is 14.7. The fraction of sp³-hybridized carbons (Fsp3) is 0.278. The molecule has 3 rings (SSSR count). The number of hydrogen-bond acceptors (Lipinski definition) is 2. The lowest BCUT2D eigenvalue weighted by Gasteiger charge is -2.14. The lowest BCUT2D eigenvalue weighted by atomic mass is 10.1. The molecule has 0 bridgehead atoms. The molecule has 0 saturated heterocycles. The van der Waals surface area contributed by atoms with Crippen LogP contribution < -0.4 is 5.32 Å². The number of hydrogen-bond donors (Lipinski definition) is 1. The largest absolute Gasteiger partial charge is 0.310 e. The third-order valence-electron chi connectivity index (χ3n) is 3.83. The van der Waals surface area contributed by atoms with Crippen molar-refractivity contribution in [3.63, 3.8) is 0 Å². The molecule has 0 aliphatic carbocycles. The van der Waals surface area contributed by atoms with E-state index in [1.807, 2.05) is 24.5 Å². The Hall–Kier alpha value is -2.13. The number of benzene rings is 2. The van der Waals surface area contributed by atoms with Gasteiger partial charge < -0.3 is 5.32 Å². The zero-order valence-corrected chi connectivity index (χ0v) is 12.6. The highest BCUT2D eigenvalue weighted by Gasteiger charge is 2.06. The standard InChI is InChI=1S/C18H21N3/c1-3-12-19-14(2)15-8-10-16(11-9-15)21-13-20-17-6-4-5-7-18(17)21/h4-11,13-14,19H,3,12H2,1-2H3. The van der Waals surface area contributed by atoms with E-state index in [2.05, 4.69) is 59.0 Å². The first-order valence-electron chi connectivity index (χ1n) is 7.55. The van der Waals surface area contributed by atoms with E-state index in [1.165, 1.54) is 5.56 Å². The van der Waals surface area contributed by atoms with Gasteiger partial charge in [0.25, 0.3) is 0 Å². The summed E-state index contributed by atoms with van der Waals surface area (Å²) in [5, 5.41) is 3.51. The molecule has 2 aromatic carbocycles. The number of fused-ring (bicyclic) bond motifs is 1. The van der Waals surface area contributed by atoms with Crippen LogP contribution in [0.5, 0.6) is 0 Å². The summed E-state index contributed by atoms with van der Waals surface area (Å²) in [4.78, 5) is 4.44. The molecule has 0 amide bonds. The van der Waals surface area contributed by atoms with Crippen LogP contribution in [0.15, 0.2) is 54.9 Å². The second kappa shape index (κ2) is 6.10. The molecule has 108 valence electrons. The third kappa shape index (κ3) is 2.83. The molecule has 1 N–H and O–H groups in total. The molecule has 21 heavy (non-hydrogen) atoms. The second-order valence-electron chi connectivity index (χ2n) is 5.37. The van der Waals surface area contributed by atoms with E-state index in [1.54, 1.807) is 0 Å². The Balaban J connectivity index is 1.87. The van der Waals surface area contributed by atoms with Crippen LogP contribution in [-0.4, -0.2) is 16.1 Å². The average molecular weight is 279 g/mol. The Kier molecular flexibility index (Phi) is 4.02. The van der Waals surface area contributed by atoms with E-state index in [-0.39, 0.29) is 0 Å². The molecule has 0 fully saturated rings. The molecule has 0 radical (unpaired) electrons. The van der Waals surface area contributed by atoms with Crippen LogP contribution in [0.3, 0.4) is 0 Å². The zero-order valence-electron chi connectivity index (χ0n) is 12.6. The molecule has 0 spiro atoms. The molecule has 0 aliphatic rings. The highest BCUT2D eigenvalue weighted by molar-refractivity contribution is 5.77. The smallest absolute Gasteiger partial charge is 0.100 e. The van der Waals surface area contributed by atoms with Crippen LogP contribution in [0.1, 0.15) is 31.9 Å². The van der Waals surface area contributed by atoms with Crippen LogP contribution in [0.25, 0.3) is 16.7 Å². The number of aromatic nitrogens is 2. The topological polar surface area (TPSA) is 29.9 Å². The van der Waals surface area contributed by atoms with Crippen molar-refractivity contribution in [2.75, 3.05) is 6.54 Å². The summed E-state index contributed by atoms with van der Waals surface area (Å²) in [6.45, 7) is 5.44. The van der Waals surface area contributed by atoms with E-state index in [4.69, 9.17) is 0 Å². The predicted octanol–water partition coefficient (Wildman–Crippen LogP) is 4.09. The number of imidazole rings is 1. The molecule has 0 saturated carbocycles. The molecule has 1 heterocycles. The molecule has 1 aromatic heterocycles. The van der Waals surface area contributed by atoms with Gasteiger partial charge >= 0.3 is 0 Å². The molecule has 0 aliphatic heterocycles. The van der Waals surface area contributed by atoms with Crippen LogP contribution in [-0.2, 0) is 0 Å². The van der Waals surface area contributed by atoms with Gasteiger partial charge in [-0.1, -0.05) is 31.2 Å². The quantitative estimate of drug-likeness (QED) is 0.762. The normalized spacial score (nSPS) is 12.7. The lowest BCUT2D eigenvalue weighted by Crippen LogP contribution is -2.19. The van der Waals surface area contributed by atoms with Crippen LogP contribution >= 0.6 is 0 Å². The molecule has 1 unspecified atom stereocenters. The number of rotatable bonds is 5. The monoisotopic (exact) mass is 279 g/mol. The Morgan fingerprint density at radius 1 is 1.10 bits per heavy atom. The van der Waals surface area contributed by atoms with Gasteiger partial charge in [-0.3, -0.25) is 4.57 Å². The molecule has 3 nitrogen and oxygen atoms in total. The number of para-hydroxylation sites is 2. The fourth-order valence-electron chi connectivity index (χ4n) is 2.57. The summed E-state index contributed by atoms with van der Waals surface area (Å²) in [5.74, 6) is 0. The first-order valence-corrected chi connectivity index (χ1v) is 7.55. The molecule has 1 atom stereocenters. The molecule has 3 heteroatoms. The van der Waals surface area contributed by atoms with E-state index in [9.17, 15) is 0 Å². The predicted molar refractivity (Wildman–Crippen MR) is 87.8 cm³/mol. The van der Waals surface area contributed by atoms with Crippen molar-refractivity contribution in [3.05, 3.63) is 60.4 Å². The summed E-state index contributed by atoms with van der Waals surface area (Å²) in [6.07, 6.45) is 3.04. The summed E-state index contributed by atoms with van der Waals surface area (Å²) in [7, 11) is 0. The summed E-state index contributed by atoms with van der Waals surface area (Å²) in [6, 6.07) is 17.3. The van der Waals surface area contributed by atoms with Crippen molar-refractivity contribution in [1.82, 2.24) is 14.9 Å². The van der Waals surface area contributed by atoms with Crippen molar-refractivity contribution in [2.45, 2.75) is 26.3 Å². The van der Waals surface area contributed by atoms with Crippen LogP contribution in [0, 0.1) is 0 Å². The van der Waals surface area contributed by atoms with Crippen molar-refractivity contribution < 1.29 is 0 Å². The van der Waals surface area contributed by atoms with Crippen LogP contribution in [0.2, 0.25) is 0 Å². The summed E-state index contributed by atoms with van der Waals surface area (Å²) >= 11 is 0. The van der Waals surface area contributed by atoms with E-state index < -0.39 is 0 Å². The second-order valence-corrected chi connectivity index (χ2v) is 5.37. The molecule has 3 aromatic rings. The van der Waals surface area contributed by atoms with Gasteiger partial charge in [0, 0.05) is 11.7 Å². The maximum absolute atomic E-state index is 4.44. The number of nitrogens with zero attached hydrogens (tertiary/aromatic N) is 2. The molecular weight excluding hydrogens is 258 g/mol. The van der Waals surface area contributed by atoms with E-state index >= 15 is 0 Å². The minimum atomic E-state index is 0.388. The minimum absolute atomic E-state index is 0.388. The fourth-order valence-corrected chi connectivity index (χ4v) is 2.57. The van der Waals surface area contributed by atoms with Crippen LogP contribution in [0.4, 0.5) is 0 Å². The number of nitrogens with one attached hydrogen (secondary N) is 1. The van der Waals surface area contributed by atoms with Gasteiger partial charge in [-0.15, -0.1) is 0 Å². The first-order chi connectivity index (χ1) is 10.3.